The van der Waals surface area contributed by atoms with Crippen LogP contribution in [0.4, 0.5) is 0 Å². The Kier molecular flexibility index (Phi) is 4.34. The SMILES string of the molecule is CNCC1CCCN1S(=O)(=O)NC(C)(C)C. The monoisotopic (exact) mass is 249 g/mol. The molecular weight excluding hydrogens is 226 g/mol. The molecule has 0 spiro atoms. The van der Waals surface area contributed by atoms with Crippen LogP contribution in [0.3, 0.4) is 0 Å². The molecule has 1 unspecified atom stereocenters. The molecule has 16 heavy (non-hydrogen) atoms. The van der Waals surface area contributed by atoms with Crippen molar-refractivity contribution in [3.8, 4) is 0 Å². The summed E-state index contributed by atoms with van der Waals surface area (Å²) in [5.41, 5.74) is -0.425. The third-order valence-electron chi connectivity index (χ3n) is 2.51. The van der Waals surface area contributed by atoms with Gasteiger partial charge < -0.3 is 5.32 Å². The minimum atomic E-state index is -3.35. The minimum Gasteiger partial charge on any atom is -0.318 e. The van der Waals surface area contributed by atoms with E-state index in [2.05, 4.69) is 10.0 Å². The molecule has 0 amide bonds. The lowest BCUT2D eigenvalue weighted by atomic mass is 10.1. The van der Waals surface area contributed by atoms with Crippen molar-refractivity contribution in [1.29, 1.82) is 0 Å². The summed E-state index contributed by atoms with van der Waals surface area (Å²) in [5.74, 6) is 0. The van der Waals surface area contributed by atoms with Crippen LogP contribution in [-0.2, 0) is 10.2 Å². The molecule has 1 heterocycles. The highest BCUT2D eigenvalue weighted by Crippen LogP contribution is 2.20. The molecule has 1 aliphatic heterocycles. The van der Waals surface area contributed by atoms with Crippen LogP contribution < -0.4 is 10.0 Å². The van der Waals surface area contributed by atoms with Crippen LogP contribution in [0.5, 0.6) is 0 Å². The zero-order valence-electron chi connectivity index (χ0n) is 10.6. The lowest BCUT2D eigenvalue weighted by Crippen LogP contribution is -2.51. The van der Waals surface area contributed by atoms with Crippen LogP contribution >= 0.6 is 0 Å². The molecule has 2 N–H and O–H groups in total. The van der Waals surface area contributed by atoms with Gasteiger partial charge in [0.15, 0.2) is 0 Å². The van der Waals surface area contributed by atoms with Crippen molar-refractivity contribution >= 4 is 10.2 Å². The second kappa shape index (κ2) is 5.00. The Bertz CT molecular complexity index is 321. The van der Waals surface area contributed by atoms with Gasteiger partial charge in [0.25, 0.3) is 10.2 Å². The predicted molar refractivity (Wildman–Crippen MR) is 65.5 cm³/mol. The van der Waals surface area contributed by atoms with Crippen molar-refractivity contribution in [2.75, 3.05) is 20.1 Å². The van der Waals surface area contributed by atoms with Crippen LogP contribution in [-0.4, -0.2) is 44.4 Å². The number of nitrogens with one attached hydrogen (secondary N) is 2. The topological polar surface area (TPSA) is 61.4 Å². The van der Waals surface area contributed by atoms with Crippen molar-refractivity contribution in [3.05, 3.63) is 0 Å². The highest BCUT2D eigenvalue weighted by atomic mass is 32.2. The second-order valence-corrected chi connectivity index (χ2v) is 6.94. The molecule has 0 radical (unpaired) electrons. The van der Waals surface area contributed by atoms with Crippen molar-refractivity contribution in [2.45, 2.75) is 45.2 Å². The van der Waals surface area contributed by atoms with E-state index in [-0.39, 0.29) is 6.04 Å². The molecule has 5 nitrogen and oxygen atoms in total. The molecule has 1 aliphatic rings. The Hall–Kier alpha value is -0.170. The van der Waals surface area contributed by atoms with E-state index < -0.39 is 15.7 Å². The summed E-state index contributed by atoms with van der Waals surface area (Å²) in [4.78, 5) is 0. The van der Waals surface area contributed by atoms with Gasteiger partial charge in [0, 0.05) is 24.7 Å². The van der Waals surface area contributed by atoms with Crippen LogP contribution in [0.2, 0.25) is 0 Å². The van der Waals surface area contributed by atoms with Gasteiger partial charge in [-0.05, 0) is 40.7 Å². The molecule has 6 heteroatoms. The number of hydrogen-bond acceptors (Lipinski definition) is 3. The molecule has 1 rings (SSSR count). The first-order valence-electron chi connectivity index (χ1n) is 5.71. The van der Waals surface area contributed by atoms with Crippen molar-refractivity contribution in [1.82, 2.24) is 14.3 Å². The molecule has 1 fully saturated rings. The molecule has 0 aromatic heterocycles. The van der Waals surface area contributed by atoms with E-state index in [0.717, 1.165) is 12.8 Å². The second-order valence-electron chi connectivity index (χ2n) is 5.32. The summed E-state index contributed by atoms with van der Waals surface area (Å²) >= 11 is 0. The summed E-state index contributed by atoms with van der Waals surface area (Å²) in [6.07, 6.45) is 1.88. The molecule has 0 aromatic rings. The number of rotatable bonds is 4. The average molecular weight is 249 g/mol. The molecule has 0 bridgehead atoms. The van der Waals surface area contributed by atoms with Crippen molar-refractivity contribution < 1.29 is 8.42 Å². The van der Waals surface area contributed by atoms with Crippen molar-refractivity contribution in [3.63, 3.8) is 0 Å². The Morgan fingerprint density at radius 2 is 2.00 bits per heavy atom. The Labute approximate surface area is 98.8 Å². The maximum atomic E-state index is 12.1. The highest BCUT2D eigenvalue weighted by Gasteiger charge is 2.35. The Morgan fingerprint density at radius 3 is 2.50 bits per heavy atom. The summed E-state index contributed by atoms with van der Waals surface area (Å²) in [5, 5.41) is 3.04. The fourth-order valence-electron chi connectivity index (χ4n) is 2.01. The molecule has 1 atom stereocenters. The number of hydrogen-bond donors (Lipinski definition) is 2. The first-order valence-corrected chi connectivity index (χ1v) is 7.15. The first-order chi connectivity index (χ1) is 7.26. The highest BCUT2D eigenvalue weighted by molar-refractivity contribution is 7.87. The molecule has 96 valence electrons. The van der Waals surface area contributed by atoms with Gasteiger partial charge >= 0.3 is 0 Å². The maximum absolute atomic E-state index is 12.1. The fraction of sp³-hybridized carbons (Fsp3) is 1.00. The smallest absolute Gasteiger partial charge is 0.280 e. The van der Waals surface area contributed by atoms with Crippen LogP contribution in [0, 0.1) is 0 Å². The van der Waals surface area contributed by atoms with Gasteiger partial charge in [-0.1, -0.05) is 0 Å². The molecule has 0 saturated carbocycles. The van der Waals surface area contributed by atoms with Gasteiger partial charge in [0.2, 0.25) is 0 Å². The summed E-state index contributed by atoms with van der Waals surface area (Å²) in [7, 11) is -1.50. The van der Waals surface area contributed by atoms with E-state index in [4.69, 9.17) is 0 Å². The first kappa shape index (κ1) is 13.9. The van der Waals surface area contributed by atoms with E-state index in [1.807, 2.05) is 27.8 Å². The molecule has 0 aliphatic carbocycles. The lowest BCUT2D eigenvalue weighted by molar-refractivity contribution is 0.360. The van der Waals surface area contributed by atoms with Gasteiger partial charge in [-0.2, -0.15) is 17.4 Å². The van der Waals surface area contributed by atoms with Gasteiger partial charge in [-0.15, -0.1) is 0 Å². The van der Waals surface area contributed by atoms with Crippen LogP contribution in [0.25, 0.3) is 0 Å². The predicted octanol–water partition coefficient (Wildman–Crippen LogP) is 0.303. The number of nitrogens with zero attached hydrogens (tertiary/aromatic N) is 1. The van der Waals surface area contributed by atoms with Crippen LogP contribution in [0.15, 0.2) is 0 Å². The molecule has 1 saturated heterocycles. The van der Waals surface area contributed by atoms with E-state index in [9.17, 15) is 8.42 Å². The maximum Gasteiger partial charge on any atom is 0.280 e. The fourth-order valence-corrected chi connectivity index (χ4v) is 3.84. The van der Waals surface area contributed by atoms with Crippen LogP contribution in [0.1, 0.15) is 33.6 Å². The normalized spacial score (nSPS) is 23.9. The van der Waals surface area contributed by atoms with Gasteiger partial charge in [-0.25, -0.2) is 0 Å². The largest absolute Gasteiger partial charge is 0.318 e. The Balaban J connectivity index is 2.75. The molecular formula is C10H23N3O2S. The zero-order chi connectivity index (χ0) is 12.4. The van der Waals surface area contributed by atoms with E-state index in [0.29, 0.717) is 13.1 Å². The quantitative estimate of drug-likeness (QED) is 0.753. The van der Waals surface area contributed by atoms with Gasteiger partial charge in [0.05, 0.1) is 0 Å². The van der Waals surface area contributed by atoms with E-state index in [1.165, 1.54) is 0 Å². The minimum absolute atomic E-state index is 0.0878. The van der Waals surface area contributed by atoms with Crippen molar-refractivity contribution in [2.24, 2.45) is 0 Å². The van der Waals surface area contributed by atoms with Gasteiger partial charge in [0.1, 0.15) is 0 Å². The number of likely N-dealkylation sites (N-methyl/N-ethyl adjacent to an activating group) is 1. The zero-order valence-corrected chi connectivity index (χ0v) is 11.4. The van der Waals surface area contributed by atoms with Gasteiger partial charge in [-0.3, -0.25) is 0 Å². The lowest BCUT2D eigenvalue weighted by Gasteiger charge is -2.28. The third-order valence-corrected chi connectivity index (χ3v) is 4.48. The summed E-state index contributed by atoms with van der Waals surface area (Å²) in [6.45, 7) is 6.90. The van der Waals surface area contributed by atoms with E-state index >= 15 is 0 Å². The Morgan fingerprint density at radius 1 is 1.38 bits per heavy atom. The summed E-state index contributed by atoms with van der Waals surface area (Å²) < 4.78 is 28.5. The van der Waals surface area contributed by atoms with E-state index in [1.54, 1.807) is 4.31 Å². The third kappa shape index (κ3) is 3.69. The molecule has 0 aromatic carbocycles. The average Bonchev–Trinajstić information content (AvgIpc) is 2.48. The summed E-state index contributed by atoms with van der Waals surface area (Å²) in [6, 6.07) is 0.0878. The standard InChI is InChI=1S/C10H23N3O2S/c1-10(2,3)12-16(14,15)13-7-5-6-9(13)8-11-4/h9,11-12H,5-8H2,1-4H3.